The van der Waals surface area contributed by atoms with Gasteiger partial charge in [-0.1, -0.05) is 11.3 Å². The Morgan fingerprint density at radius 2 is 1.92 bits per heavy atom. The van der Waals surface area contributed by atoms with Gasteiger partial charge in [0.05, 0.1) is 10.2 Å². The largest absolute Gasteiger partial charge is 0.443 e. The summed E-state index contributed by atoms with van der Waals surface area (Å²) in [4.78, 5) is 8.83. The topological polar surface area (TPSA) is 51.0 Å². The fourth-order valence-electron chi connectivity index (χ4n) is 2.56. The first-order valence-electron chi connectivity index (χ1n) is 7.59. The first-order valence-corrected chi connectivity index (χ1v) is 8.40. The lowest BCUT2D eigenvalue weighted by Crippen LogP contribution is -1.94. The van der Waals surface area contributed by atoms with Crippen LogP contribution in [0.3, 0.4) is 0 Å². The third-order valence-corrected chi connectivity index (χ3v) is 4.64. The van der Waals surface area contributed by atoms with Crippen molar-refractivity contribution in [2.24, 2.45) is 0 Å². The molecule has 2 aromatic carbocycles. The van der Waals surface area contributed by atoms with E-state index in [1.165, 1.54) is 18.5 Å². The number of hydrogen-bond acceptors (Lipinski definition) is 5. The molecule has 0 saturated heterocycles. The summed E-state index contributed by atoms with van der Waals surface area (Å²) in [7, 11) is 0. The minimum Gasteiger partial charge on any atom is -0.443 e. The van der Waals surface area contributed by atoms with Gasteiger partial charge in [-0.05, 0) is 49.4 Å². The molecule has 0 aliphatic rings. The van der Waals surface area contributed by atoms with Crippen molar-refractivity contribution in [1.82, 2.24) is 9.97 Å². The lowest BCUT2D eigenvalue weighted by Gasteiger charge is -2.02. The molecular formula is C18H14FN3OS. The molecule has 120 valence electrons. The van der Waals surface area contributed by atoms with Crippen LogP contribution in [0, 0.1) is 5.82 Å². The normalized spacial score (nSPS) is 11.1. The van der Waals surface area contributed by atoms with E-state index in [0.717, 1.165) is 33.0 Å². The zero-order valence-electron chi connectivity index (χ0n) is 12.9. The third-order valence-electron chi connectivity index (χ3n) is 3.66. The molecule has 4 rings (SSSR count). The molecule has 0 unspecified atom stereocenters. The predicted octanol–water partition coefficient (Wildman–Crippen LogP) is 5.19. The second-order valence-corrected chi connectivity index (χ2v) is 6.30. The van der Waals surface area contributed by atoms with Crippen molar-refractivity contribution < 1.29 is 8.81 Å². The number of aromatic nitrogens is 2. The van der Waals surface area contributed by atoms with Crippen molar-refractivity contribution in [3.63, 3.8) is 0 Å². The number of nitrogens with one attached hydrogen (secondary N) is 1. The van der Waals surface area contributed by atoms with Crippen molar-refractivity contribution in [3.05, 3.63) is 54.7 Å². The van der Waals surface area contributed by atoms with Crippen LogP contribution in [0.4, 0.5) is 9.52 Å². The number of fused-ring (bicyclic) bond motifs is 1. The number of oxazole rings is 1. The summed E-state index contributed by atoms with van der Waals surface area (Å²) in [5.41, 5.74) is 3.39. The molecule has 4 nitrogen and oxygen atoms in total. The summed E-state index contributed by atoms with van der Waals surface area (Å²) in [6.07, 6.45) is 1.41. The van der Waals surface area contributed by atoms with E-state index in [2.05, 4.69) is 15.3 Å². The minimum absolute atomic E-state index is 0.272. The van der Waals surface area contributed by atoms with Crippen molar-refractivity contribution in [2.45, 2.75) is 6.92 Å². The average molecular weight is 339 g/mol. The highest BCUT2D eigenvalue weighted by molar-refractivity contribution is 7.22. The van der Waals surface area contributed by atoms with Gasteiger partial charge in [-0.3, -0.25) is 0 Å². The molecule has 0 aliphatic heterocycles. The van der Waals surface area contributed by atoms with Crippen LogP contribution in [0.5, 0.6) is 0 Å². The highest BCUT2D eigenvalue weighted by atomic mass is 32.1. The van der Waals surface area contributed by atoms with Gasteiger partial charge in [0, 0.05) is 17.7 Å². The fourth-order valence-corrected chi connectivity index (χ4v) is 3.53. The molecule has 24 heavy (non-hydrogen) atoms. The average Bonchev–Trinajstić information content (AvgIpc) is 3.21. The quantitative estimate of drug-likeness (QED) is 0.556. The van der Waals surface area contributed by atoms with E-state index in [4.69, 9.17) is 4.42 Å². The summed E-state index contributed by atoms with van der Waals surface area (Å²) in [6, 6.07) is 12.2. The molecule has 2 heterocycles. The lowest BCUT2D eigenvalue weighted by atomic mass is 10.1. The number of anilines is 1. The Balaban J connectivity index is 1.78. The second-order valence-electron chi connectivity index (χ2n) is 5.27. The molecule has 0 radical (unpaired) electrons. The van der Waals surface area contributed by atoms with Crippen molar-refractivity contribution in [1.29, 1.82) is 0 Å². The van der Waals surface area contributed by atoms with Gasteiger partial charge in [0.2, 0.25) is 0 Å². The summed E-state index contributed by atoms with van der Waals surface area (Å²) in [5.74, 6) is 0.396. The maximum absolute atomic E-state index is 13.1. The van der Waals surface area contributed by atoms with Crippen LogP contribution in [0.1, 0.15) is 6.92 Å². The molecule has 6 heteroatoms. The van der Waals surface area contributed by atoms with E-state index in [1.807, 2.05) is 25.1 Å². The Morgan fingerprint density at radius 1 is 1.12 bits per heavy atom. The molecule has 4 aromatic rings. The van der Waals surface area contributed by atoms with Crippen molar-refractivity contribution in [2.75, 3.05) is 11.9 Å². The summed E-state index contributed by atoms with van der Waals surface area (Å²) < 4.78 is 19.8. The smallest absolute Gasteiger partial charge is 0.183 e. The maximum Gasteiger partial charge on any atom is 0.183 e. The Kier molecular flexibility index (Phi) is 3.74. The molecule has 0 bridgehead atoms. The zero-order chi connectivity index (χ0) is 16.5. The van der Waals surface area contributed by atoms with Gasteiger partial charge in [0.25, 0.3) is 0 Å². The Hall–Kier alpha value is -2.73. The van der Waals surface area contributed by atoms with Crippen LogP contribution in [0.25, 0.3) is 32.8 Å². The zero-order valence-corrected chi connectivity index (χ0v) is 13.7. The van der Waals surface area contributed by atoms with Crippen LogP contribution in [0.2, 0.25) is 0 Å². The summed E-state index contributed by atoms with van der Waals surface area (Å²) in [6.45, 7) is 2.88. The van der Waals surface area contributed by atoms with Gasteiger partial charge in [-0.2, -0.15) is 0 Å². The predicted molar refractivity (Wildman–Crippen MR) is 94.7 cm³/mol. The SMILES string of the molecule is CCNc1nc2ccc(-c3ocnc3-c3ccc(F)cc3)cc2s1. The number of benzene rings is 2. The standard InChI is InChI=1S/C18H14FN3OS/c1-2-20-18-22-14-8-5-12(9-15(14)24-18)17-16(21-10-23-17)11-3-6-13(19)7-4-11/h3-10H,2H2,1H3,(H,20,22). The highest BCUT2D eigenvalue weighted by Crippen LogP contribution is 2.35. The van der Waals surface area contributed by atoms with Crippen LogP contribution < -0.4 is 5.32 Å². The second kappa shape index (κ2) is 6.05. The van der Waals surface area contributed by atoms with Crippen molar-refractivity contribution in [3.8, 4) is 22.6 Å². The summed E-state index contributed by atoms with van der Waals surface area (Å²) >= 11 is 1.60. The Bertz CT molecular complexity index is 991. The molecule has 2 aromatic heterocycles. The number of rotatable bonds is 4. The van der Waals surface area contributed by atoms with Gasteiger partial charge in [0.1, 0.15) is 11.5 Å². The van der Waals surface area contributed by atoms with Gasteiger partial charge in [-0.25, -0.2) is 14.4 Å². The number of halogens is 1. The maximum atomic E-state index is 13.1. The molecular weight excluding hydrogens is 325 g/mol. The van der Waals surface area contributed by atoms with Gasteiger partial charge >= 0.3 is 0 Å². The molecule has 0 spiro atoms. The van der Waals surface area contributed by atoms with Crippen LogP contribution in [0.15, 0.2) is 53.3 Å². The van der Waals surface area contributed by atoms with Crippen LogP contribution >= 0.6 is 11.3 Å². The van der Waals surface area contributed by atoms with Gasteiger partial charge in [0.15, 0.2) is 17.3 Å². The van der Waals surface area contributed by atoms with E-state index < -0.39 is 0 Å². The monoisotopic (exact) mass is 339 g/mol. The lowest BCUT2D eigenvalue weighted by molar-refractivity contribution is 0.572. The molecule has 0 aliphatic carbocycles. The number of nitrogens with zero attached hydrogens (tertiary/aromatic N) is 2. The highest BCUT2D eigenvalue weighted by Gasteiger charge is 2.14. The van der Waals surface area contributed by atoms with Gasteiger partial charge in [-0.15, -0.1) is 0 Å². The number of hydrogen-bond donors (Lipinski definition) is 1. The van der Waals surface area contributed by atoms with Gasteiger partial charge < -0.3 is 9.73 Å². The first-order chi connectivity index (χ1) is 11.7. The van der Waals surface area contributed by atoms with E-state index in [1.54, 1.807) is 23.5 Å². The summed E-state index contributed by atoms with van der Waals surface area (Å²) in [5, 5.41) is 4.13. The first kappa shape index (κ1) is 14.8. The minimum atomic E-state index is -0.272. The Morgan fingerprint density at radius 3 is 2.71 bits per heavy atom. The molecule has 1 N–H and O–H groups in total. The third kappa shape index (κ3) is 2.65. The van der Waals surface area contributed by atoms with E-state index in [0.29, 0.717) is 11.5 Å². The van der Waals surface area contributed by atoms with Crippen LogP contribution in [-0.4, -0.2) is 16.5 Å². The van der Waals surface area contributed by atoms with Crippen LogP contribution in [-0.2, 0) is 0 Å². The Labute approximate surface area is 142 Å². The molecule has 0 atom stereocenters. The van der Waals surface area contributed by atoms with Crippen molar-refractivity contribution >= 4 is 26.7 Å². The molecule has 0 saturated carbocycles. The van der Waals surface area contributed by atoms with E-state index >= 15 is 0 Å². The molecule has 0 fully saturated rings. The number of thiazole rings is 1. The van der Waals surface area contributed by atoms with E-state index in [9.17, 15) is 4.39 Å². The molecule has 0 amide bonds. The fraction of sp³-hybridized carbons (Fsp3) is 0.111. The van der Waals surface area contributed by atoms with E-state index in [-0.39, 0.29) is 5.82 Å².